The third-order valence-corrected chi connectivity index (χ3v) is 4.52. The van der Waals surface area contributed by atoms with Crippen LogP contribution in [-0.4, -0.2) is 11.8 Å². The van der Waals surface area contributed by atoms with Gasteiger partial charge in [-0.3, -0.25) is 9.59 Å². The highest BCUT2D eigenvalue weighted by atomic mass is 16.2. The van der Waals surface area contributed by atoms with Crippen molar-refractivity contribution >= 4 is 17.5 Å². The number of amides is 2. The van der Waals surface area contributed by atoms with Crippen molar-refractivity contribution in [1.29, 1.82) is 0 Å². The summed E-state index contributed by atoms with van der Waals surface area (Å²) >= 11 is 0. The number of hydrogen-bond acceptors (Lipinski definition) is 2. The predicted molar refractivity (Wildman–Crippen MR) is 98.0 cm³/mol. The highest BCUT2D eigenvalue weighted by Crippen LogP contribution is 2.28. The molecule has 1 heterocycles. The normalized spacial score (nSPS) is 13.2. The van der Waals surface area contributed by atoms with E-state index < -0.39 is 0 Å². The first-order valence-electron chi connectivity index (χ1n) is 8.26. The zero-order valence-electron chi connectivity index (χ0n) is 13.9. The molecule has 3 nitrogen and oxygen atoms in total. The Morgan fingerprint density at radius 2 is 1.16 bits per heavy atom. The van der Waals surface area contributed by atoms with E-state index in [1.54, 1.807) is 24.3 Å². The Morgan fingerprint density at radius 1 is 0.680 bits per heavy atom. The highest BCUT2D eigenvalue weighted by molar-refractivity contribution is 6.34. The van der Waals surface area contributed by atoms with Crippen LogP contribution in [0.2, 0.25) is 0 Å². The first kappa shape index (κ1) is 15.3. The van der Waals surface area contributed by atoms with Crippen LogP contribution in [-0.2, 0) is 6.42 Å². The van der Waals surface area contributed by atoms with E-state index in [4.69, 9.17) is 0 Å². The fraction of sp³-hybridized carbons (Fsp3) is 0.0909. The van der Waals surface area contributed by atoms with E-state index in [9.17, 15) is 9.59 Å². The number of carbonyl (C=O) groups excluding carboxylic acids is 2. The molecule has 1 aliphatic heterocycles. The molecule has 4 rings (SSSR count). The van der Waals surface area contributed by atoms with Crippen LogP contribution in [0.25, 0.3) is 0 Å². The van der Waals surface area contributed by atoms with Crippen molar-refractivity contribution in [1.82, 2.24) is 0 Å². The van der Waals surface area contributed by atoms with Crippen molar-refractivity contribution < 1.29 is 9.59 Å². The molecular weight excluding hydrogens is 310 g/mol. The van der Waals surface area contributed by atoms with Gasteiger partial charge in [0.25, 0.3) is 11.8 Å². The molecule has 3 aromatic carbocycles. The molecule has 2 amide bonds. The van der Waals surface area contributed by atoms with Crippen molar-refractivity contribution in [2.45, 2.75) is 13.3 Å². The number of rotatable bonds is 3. The Labute approximate surface area is 146 Å². The summed E-state index contributed by atoms with van der Waals surface area (Å²) in [7, 11) is 0. The summed E-state index contributed by atoms with van der Waals surface area (Å²) in [5, 5.41) is 0. The van der Waals surface area contributed by atoms with E-state index in [1.165, 1.54) is 16.0 Å². The van der Waals surface area contributed by atoms with Crippen LogP contribution < -0.4 is 4.90 Å². The molecule has 0 atom stereocenters. The third-order valence-electron chi connectivity index (χ3n) is 4.52. The van der Waals surface area contributed by atoms with Crippen LogP contribution in [0.15, 0.2) is 72.8 Å². The van der Waals surface area contributed by atoms with E-state index in [2.05, 4.69) is 31.2 Å². The lowest BCUT2D eigenvalue weighted by atomic mass is 10.0. The van der Waals surface area contributed by atoms with Gasteiger partial charge in [0, 0.05) is 0 Å². The zero-order valence-corrected chi connectivity index (χ0v) is 13.9. The number of nitrogens with zero attached hydrogens (tertiary/aromatic N) is 1. The first-order chi connectivity index (χ1) is 12.1. The summed E-state index contributed by atoms with van der Waals surface area (Å²) in [5.41, 5.74) is 5.17. The van der Waals surface area contributed by atoms with Crippen LogP contribution >= 0.6 is 0 Å². The Bertz CT molecular complexity index is 921. The largest absolute Gasteiger partial charge is 0.268 e. The zero-order chi connectivity index (χ0) is 17.4. The molecule has 0 bridgehead atoms. The second-order valence-electron chi connectivity index (χ2n) is 6.32. The molecule has 0 aromatic heterocycles. The summed E-state index contributed by atoms with van der Waals surface area (Å²) in [6, 6.07) is 23.0. The lowest BCUT2D eigenvalue weighted by molar-refractivity contribution is 0.0926. The molecule has 0 spiro atoms. The van der Waals surface area contributed by atoms with Crippen molar-refractivity contribution in [2.75, 3.05) is 4.90 Å². The molecule has 1 aliphatic rings. The molecule has 0 saturated carbocycles. The van der Waals surface area contributed by atoms with E-state index in [0.717, 1.165) is 12.0 Å². The minimum Gasteiger partial charge on any atom is -0.268 e. The number of imide groups is 1. The maximum absolute atomic E-state index is 12.5. The smallest absolute Gasteiger partial charge is 0.266 e. The number of benzene rings is 3. The second kappa shape index (κ2) is 6.02. The van der Waals surface area contributed by atoms with Gasteiger partial charge < -0.3 is 0 Å². The fourth-order valence-electron chi connectivity index (χ4n) is 3.13. The predicted octanol–water partition coefficient (Wildman–Crippen LogP) is 4.39. The molecule has 0 saturated heterocycles. The van der Waals surface area contributed by atoms with Crippen molar-refractivity contribution in [3.8, 4) is 0 Å². The summed E-state index contributed by atoms with van der Waals surface area (Å²) in [6.07, 6.45) is 0.822. The Balaban J connectivity index is 1.58. The van der Waals surface area contributed by atoms with Crippen molar-refractivity contribution in [2.24, 2.45) is 0 Å². The molecule has 25 heavy (non-hydrogen) atoms. The molecule has 3 aromatic rings. The van der Waals surface area contributed by atoms with Gasteiger partial charge >= 0.3 is 0 Å². The Hall–Kier alpha value is -3.20. The van der Waals surface area contributed by atoms with Crippen molar-refractivity contribution in [3.63, 3.8) is 0 Å². The minimum absolute atomic E-state index is 0.258. The molecule has 0 fully saturated rings. The third kappa shape index (κ3) is 2.74. The standard InChI is InChI=1S/C22H17NO2/c1-15-6-8-16(9-7-15)14-17-10-12-18(13-11-17)23-21(24)19-4-2-3-5-20(19)22(23)25/h2-13H,14H2,1H3. The topological polar surface area (TPSA) is 37.4 Å². The maximum Gasteiger partial charge on any atom is 0.266 e. The van der Waals surface area contributed by atoms with Crippen LogP contribution in [0.5, 0.6) is 0 Å². The molecule has 0 aliphatic carbocycles. The summed E-state index contributed by atoms with van der Waals surface area (Å²) in [6.45, 7) is 2.07. The van der Waals surface area contributed by atoms with Gasteiger partial charge in [-0.2, -0.15) is 0 Å². The fourth-order valence-corrected chi connectivity index (χ4v) is 3.13. The molecule has 3 heteroatoms. The lowest BCUT2D eigenvalue weighted by Gasteiger charge is -2.14. The number of hydrogen-bond donors (Lipinski definition) is 0. The van der Waals surface area contributed by atoms with E-state index in [-0.39, 0.29) is 11.8 Å². The Kier molecular flexibility index (Phi) is 3.69. The van der Waals surface area contributed by atoms with E-state index in [1.807, 2.05) is 24.3 Å². The quantitative estimate of drug-likeness (QED) is 0.669. The van der Waals surface area contributed by atoms with Crippen LogP contribution in [0.4, 0.5) is 5.69 Å². The van der Waals surface area contributed by atoms with Gasteiger partial charge in [-0.25, -0.2) is 4.90 Å². The molecule has 0 unspecified atom stereocenters. The lowest BCUT2D eigenvalue weighted by Crippen LogP contribution is -2.29. The average molecular weight is 327 g/mol. The van der Waals surface area contributed by atoms with Gasteiger partial charge in [0.2, 0.25) is 0 Å². The van der Waals surface area contributed by atoms with E-state index >= 15 is 0 Å². The summed E-state index contributed by atoms with van der Waals surface area (Å²) in [4.78, 5) is 26.3. The molecule has 0 radical (unpaired) electrons. The SMILES string of the molecule is Cc1ccc(Cc2ccc(N3C(=O)c4ccccc4C3=O)cc2)cc1. The molecule has 122 valence electrons. The van der Waals surface area contributed by atoms with Crippen LogP contribution in [0.1, 0.15) is 37.4 Å². The number of carbonyl (C=O) groups is 2. The minimum atomic E-state index is -0.258. The van der Waals surface area contributed by atoms with Gasteiger partial charge in [0.15, 0.2) is 0 Å². The summed E-state index contributed by atoms with van der Waals surface area (Å²) < 4.78 is 0. The second-order valence-corrected chi connectivity index (χ2v) is 6.32. The monoisotopic (exact) mass is 327 g/mol. The highest BCUT2D eigenvalue weighted by Gasteiger charge is 2.36. The number of fused-ring (bicyclic) bond motifs is 1. The molecular formula is C22H17NO2. The molecule has 0 N–H and O–H groups in total. The Morgan fingerprint density at radius 3 is 1.68 bits per heavy atom. The number of aryl methyl sites for hydroxylation is 1. The van der Waals surface area contributed by atoms with E-state index in [0.29, 0.717) is 16.8 Å². The summed E-state index contributed by atoms with van der Waals surface area (Å²) in [5.74, 6) is -0.515. The van der Waals surface area contributed by atoms with Gasteiger partial charge in [-0.05, 0) is 48.7 Å². The average Bonchev–Trinajstić information content (AvgIpc) is 2.89. The van der Waals surface area contributed by atoms with Gasteiger partial charge in [-0.15, -0.1) is 0 Å². The van der Waals surface area contributed by atoms with Crippen LogP contribution in [0.3, 0.4) is 0 Å². The van der Waals surface area contributed by atoms with Gasteiger partial charge in [-0.1, -0.05) is 54.1 Å². The maximum atomic E-state index is 12.5. The van der Waals surface area contributed by atoms with Gasteiger partial charge in [0.1, 0.15) is 0 Å². The first-order valence-corrected chi connectivity index (χ1v) is 8.26. The number of anilines is 1. The van der Waals surface area contributed by atoms with Gasteiger partial charge in [0.05, 0.1) is 16.8 Å². The van der Waals surface area contributed by atoms with Crippen LogP contribution in [0, 0.1) is 6.92 Å². The van der Waals surface area contributed by atoms with Crippen molar-refractivity contribution in [3.05, 3.63) is 101 Å².